The van der Waals surface area contributed by atoms with E-state index in [0.717, 1.165) is 5.65 Å². The minimum atomic E-state index is -1.51. The average molecular weight is 316 g/mol. The second-order valence-corrected chi connectivity index (χ2v) is 12.2. The van der Waals surface area contributed by atoms with Crippen LogP contribution in [0.2, 0.25) is 13.1 Å². The fourth-order valence-corrected chi connectivity index (χ4v) is 7.91. The molecule has 0 aliphatic carbocycles. The van der Waals surface area contributed by atoms with Gasteiger partial charge in [-0.3, -0.25) is 4.40 Å². The highest BCUT2D eigenvalue weighted by molar-refractivity contribution is 6.89. The molecule has 0 radical (unpaired) electrons. The summed E-state index contributed by atoms with van der Waals surface area (Å²) in [7, 11) is -1.51. The van der Waals surface area contributed by atoms with Gasteiger partial charge < -0.3 is 0 Å². The first-order valence-electron chi connectivity index (χ1n) is 8.31. The third-order valence-corrected chi connectivity index (χ3v) is 8.59. The van der Waals surface area contributed by atoms with Crippen molar-refractivity contribution in [3.05, 3.63) is 53.2 Å². The van der Waals surface area contributed by atoms with Crippen LogP contribution in [-0.4, -0.2) is 17.5 Å². The Balaban J connectivity index is 2.24. The van der Waals surface area contributed by atoms with Gasteiger partial charge in [0.15, 0.2) is 0 Å². The topological polar surface area (TPSA) is 17.3 Å². The predicted molar refractivity (Wildman–Crippen MR) is 100 cm³/mol. The lowest BCUT2D eigenvalue weighted by Gasteiger charge is -2.30. The van der Waals surface area contributed by atoms with Crippen LogP contribution < -0.4 is 5.32 Å². The van der Waals surface area contributed by atoms with Crippen LogP contribution in [0, 0.1) is 13.8 Å². The quantitative estimate of drug-likeness (QED) is 0.350. The monoisotopic (exact) mass is 316 g/mol. The molecule has 0 unspecified atom stereocenters. The number of rotatable bonds is 0. The minimum absolute atomic E-state index is 1.15. The molecule has 3 heterocycles. The summed E-state index contributed by atoms with van der Waals surface area (Å²) in [6, 6.07) is 14.6. The molecule has 0 saturated heterocycles. The lowest BCUT2D eigenvalue weighted by molar-refractivity contribution is 1.19. The molecule has 0 bridgehead atoms. The zero-order chi connectivity index (χ0) is 15.9. The zero-order valence-electron chi connectivity index (χ0n) is 14.1. The Bertz CT molecular complexity index is 1140. The van der Waals surface area contributed by atoms with Crippen molar-refractivity contribution in [1.82, 2.24) is 9.38 Å². The number of pyridine rings is 1. The summed E-state index contributed by atoms with van der Waals surface area (Å²) >= 11 is 0. The lowest BCUT2D eigenvalue weighted by Crippen LogP contribution is -2.50. The molecular weight excluding hydrogens is 296 g/mol. The summed E-state index contributed by atoms with van der Waals surface area (Å²) in [4.78, 5) is 5.02. The molecule has 1 aliphatic rings. The number of hydrogen-bond acceptors (Lipinski definition) is 1. The van der Waals surface area contributed by atoms with Crippen molar-refractivity contribution in [3.8, 4) is 0 Å². The normalized spacial score (nSPS) is 16.0. The highest BCUT2D eigenvalue weighted by Gasteiger charge is 2.35. The molecule has 0 saturated carbocycles. The van der Waals surface area contributed by atoms with Crippen LogP contribution in [0.15, 0.2) is 36.4 Å². The summed E-state index contributed by atoms with van der Waals surface area (Å²) in [5.74, 6) is 0. The van der Waals surface area contributed by atoms with Crippen LogP contribution in [0.4, 0.5) is 0 Å². The van der Waals surface area contributed by atoms with E-state index in [1.54, 1.807) is 0 Å². The molecule has 5 rings (SSSR count). The van der Waals surface area contributed by atoms with Crippen molar-refractivity contribution in [1.29, 1.82) is 0 Å². The van der Waals surface area contributed by atoms with Crippen LogP contribution in [0.5, 0.6) is 0 Å². The molecule has 0 atom stereocenters. The van der Waals surface area contributed by atoms with Gasteiger partial charge in [0.2, 0.25) is 0 Å². The van der Waals surface area contributed by atoms with E-state index < -0.39 is 8.07 Å². The number of benzene rings is 2. The van der Waals surface area contributed by atoms with Gasteiger partial charge in [-0.2, -0.15) is 0 Å². The summed E-state index contributed by atoms with van der Waals surface area (Å²) in [5.41, 5.74) is 6.64. The third kappa shape index (κ3) is 1.51. The third-order valence-electron chi connectivity index (χ3n) is 5.46. The van der Waals surface area contributed by atoms with Crippen molar-refractivity contribution in [2.75, 3.05) is 0 Å². The first-order chi connectivity index (χ1) is 11.0. The molecule has 23 heavy (non-hydrogen) atoms. The van der Waals surface area contributed by atoms with Crippen molar-refractivity contribution >= 4 is 40.7 Å². The molecule has 3 heteroatoms. The average Bonchev–Trinajstić information content (AvgIpc) is 2.87. The summed E-state index contributed by atoms with van der Waals surface area (Å²) in [6.07, 6.45) is 0. The Kier molecular flexibility index (Phi) is 2.34. The van der Waals surface area contributed by atoms with Gasteiger partial charge in [0, 0.05) is 16.1 Å². The van der Waals surface area contributed by atoms with Crippen molar-refractivity contribution in [2.45, 2.75) is 33.0 Å². The van der Waals surface area contributed by atoms with Gasteiger partial charge in [-0.25, -0.2) is 4.98 Å². The van der Waals surface area contributed by atoms with E-state index in [9.17, 15) is 0 Å². The lowest BCUT2D eigenvalue weighted by atomic mass is 9.99. The van der Waals surface area contributed by atoms with Gasteiger partial charge in [-0.1, -0.05) is 49.5 Å². The Morgan fingerprint density at radius 1 is 1.00 bits per heavy atom. The summed E-state index contributed by atoms with van der Waals surface area (Å²) < 4.78 is 2.51. The maximum Gasteiger partial charge on any atom is 0.145 e. The Morgan fingerprint density at radius 2 is 1.74 bits per heavy atom. The van der Waals surface area contributed by atoms with E-state index in [4.69, 9.17) is 4.98 Å². The molecule has 2 aromatic heterocycles. The maximum atomic E-state index is 5.02. The van der Waals surface area contributed by atoms with E-state index >= 15 is 0 Å². The Labute approximate surface area is 136 Å². The van der Waals surface area contributed by atoms with Gasteiger partial charge in [0.25, 0.3) is 0 Å². The van der Waals surface area contributed by atoms with Crippen LogP contribution in [0.3, 0.4) is 0 Å². The van der Waals surface area contributed by atoms with Gasteiger partial charge in [-0.15, -0.1) is 0 Å². The SMILES string of the molecule is Cc1nc2c3ccccc3c3c(C)ccc4c3n2c1[Si](C)(C)C4. The van der Waals surface area contributed by atoms with E-state index in [-0.39, 0.29) is 0 Å². The van der Waals surface area contributed by atoms with Gasteiger partial charge in [0.1, 0.15) is 13.7 Å². The van der Waals surface area contributed by atoms with Crippen molar-refractivity contribution in [3.63, 3.8) is 0 Å². The first kappa shape index (κ1) is 13.3. The molecule has 0 spiro atoms. The van der Waals surface area contributed by atoms with Crippen LogP contribution in [0.1, 0.15) is 16.8 Å². The number of hydrogen-bond donors (Lipinski definition) is 0. The fraction of sp³-hybridized carbons (Fsp3) is 0.250. The summed E-state index contributed by atoms with van der Waals surface area (Å²) in [6.45, 7) is 9.39. The highest BCUT2D eigenvalue weighted by Crippen LogP contribution is 2.36. The Hall–Kier alpha value is -2.13. The number of fused-ring (bicyclic) bond motifs is 3. The van der Waals surface area contributed by atoms with Gasteiger partial charge >= 0.3 is 0 Å². The minimum Gasteiger partial charge on any atom is -0.300 e. The van der Waals surface area contributed by atoms with Crippen molar-refractivity contribution < 1.29 is 0 Å². The maximum absolute atomic E-state index is 5.02. The van der Waals surface area contributed by atoms with Crippen molar-refractivity contribution in [2.24, 2.45) is 0 Å². The smallest absolute Gasteiger partial charge is 0.145 e. The largest absolute Gasteiger partial charge is 0.300 e. The van der Waals surface area contributed by atoms with Crippen LogP contribution >= 0.6 is 0 Å². The van der Waals surface area contributed by atoms with E-state index in [1.165, 1.54) is 49.9 Å². The molecule has 0 fully saturated rings. The van der Waals surface area contributed by atoms with E-state index in [1.807, 2.05) is 0 Å². The molecule has 0 N–H and O–H groups in total. The molecular formula is C20H20N2Si. The molecule has 2 nitrogen and oxygen atoms in total. The summed E-state index contributed by atoms with van der Waals surface area (Å²) in [5, 5.41) is 5.55. The Morgan fingerprint density at radius 3 is 2.52 bits per heavy atom. The predicted octanol–water partition coefficient (Wildman–Crippen LogP) is 4.27. The fourth-order valence-electron chi connectivity index (χ4n) is 4.65. The second kappa shape index (κ2) is 4.03. The number of nitrogens with zero attached hydrogens (tertiary/aromatic N) is 2. The second-order valence-electron chi connectivity index (χ2n) is 7.58. The van der Waals surface area contributed by atoms with Crippen LogP contribution in [0.25, 0.3) is 27.3 Å². The van der Waals surface area contributed by atoms with E-state index in [2.05, 4.69) is 67.7 Å². The van der Waals surface area contributed by atoms with E-state index in [0.29, 0.717) is 0 Å². The molecule has 1 aliphatic heterocycles. The van der Waals surface area contributed by atoms with Gasteiger partial charge in [-0.05, 0) is 36.4 Å². The zero-order valence-corrected chi connectivity index (χ0v) is 15.1. The standard InChI is InChI=1S/C20H20N2Si/c1-12-9-10-14-11-23(3,4)20-13(2)21-19-16-8-6-5-7-15(16)17(12)18(14)22(19)20/h5-10H,11H2,1-4H3. The van der Waals surface area contributed by atoms with Gasteiger partial charge in [0.05, 0.1) is 11.2 Å². The number of imidazole rings is 1. The molecule has 114 valence electrons. The highest BCUT2D eigenvalue weighted by atomic mass is 28.3. The first-order valence-corrected chi connectivity index (χ1v) is 11.5. The molecule has 2 aromatic carbocycles. The van der Waals surface area contributed by atoms with Crippen LogP contribution in [-0.2, 0) is 6.04 Å². The molecule has 4 aromatic rings. The molecule has 0 amide bonds. The number of aromatic nitrogens is 2. The number of aryl methyl sites for hydroxylation is 2.